The molecule has 0 aliphatic carbocycles. The Morgan fingerprint density at radius 3 is 2.52 bits per heavy atom. The van der Waals surface area contributed by atoms with Crippen LogP contribution in [-0.2, 0) is 5.66 Å². The molecule has 4 heteroatoms. The molecule has 0 saturated heterocycles. The molecule has 1 heterocycles. The second-order valence-electron chi connectivity index (χ2n) is 7.37. The lowest BCUT2D eigenvalue weighted by Gasteiger charge is -2.45. The number of nitrogens with zero attached hydrogens (tertiary/aromatic N) is 1. The van der Waals surface area contributed by atoms with Gasteiger partial charge in [0.1, 0.15) is 11.4 Å². The highest BCUT2D eigenvalue weighted by Crippen LogP contribution is 2.40. The fraction of sp³-hybridized carbons (Fsp3) is 0.435. The molecule has 3 rings (SSSR count). The van der Waals surface area contributed by atoms with Gasteiger partial charge in [-0.1, -0.05) is 62.9 Å². The van der Waals surface area contributed by atoms with Crippen molar-refractivity contribution in [1.29, 1.82) is 0 Å². The summed E-state index contributed by atoms with van der Waals surface area (Å²) in [5.41, 5.74) is 1.87. The van der Waals surface area contributed by atoms with E-state index >= 15 is 0 Å². The van der Waals surface area contributed by atoms with Crippen LogP contribution in [0.3, 0.4) is 0 Å². The zero-order valence-electron chi connectivity index (χ0n) is 16.6. The minimum absolute atomic E-state index is 0.0150. The maximum Gasteiger partial charge on any atom is 0.257 e. The van der Waals surface area contributed by atoms with Crippen LogP contribution in [-0.4, -0.2) is 24.5 Å². The Labute approximate surface area is 162 Å². The van der Waals surface area contributed by atoms with Crippen LogP contribution < -0.4 is 10.1 Å². The Balaban J connectivity index is 1.80. The zero-order chi connectivity index (χ0) is 19.3. The average molecular weight is 367 g/mol. The quantitative estimate of drug-likeness (QED) is 0.636. The molecule has 27 heavy (non-hydrogen) atoms. The normalized spacial score (nSPS) is 18.8. The van der Waals surface area contributed by atoms with Gasteiger partial charge in [0.25, 0.3) is 5.91 Å². The lowest BCUT2D eigenvalue weighted by Crippen LogP contribution is -2.53. The van der Waals surface area contributed by atoms with Gasteiger partial charge in [0.15, 0.2) is 0 Å². The van der Waals surface area contributed by atoms with E-state index in [0.29, 0.717) is 12.2 Å². The Kier molecular flexibility index (Phi) is 6.04. The molecule has 1 aliphatic heterocycles. The van der Waals surface area contributed by atoms with E-state index in [1.807, 2.05) is 62.5 Å². The Morgan fingerprint density at radius 2 is 1.70 bits per heavy atom. The van der Waals surface area contributed by atoms with E-state index < -0.39 is 5.66 Å². The number of benzene rings is 2. The topological polar surface area (TPSA) is 41.6 Å². The molecule has 1 unspecified atom stereocenters. The van der Waals surface area contributed by atoms with Crippen LogP contribution >= 0.6 is 0 Å². The zero-order valence-corrected chi connectivity index (χ0v) is 16.6. The fourth-order valence-electron chi connectivity index (χ4n) is 3.64. The standard InChI is InChI=1S/C23H30N2O2/c1-4-5-6-7-12-17-27-21-16-11-9-14-19(21)23(2)24-20-15-10-8-13-18(20)22(26)25(23)3/h8-11,13-16,24H,4-7,12,17H2,1-3H3. The molecule has 1 N–H and O–H groups in total. The van der Waals surface area contributed by atoms with Crippen LogP contribution in [0.15, 0.2) is 48.5 Å². The maximum absolute atomic E-state index is 12.9. The number of para-hydroxylation sites is 2. The number of amides is 1. The summed E-state index contributed by atoms with van der Waals surface area (Å²) in [5.74, 6) is 0.850. The van der Waals surface area contributed by atoms with Gasteiger partial charge in [0.2, 0.25) is 0 Å². The predicted molar refractivity (Wildman–Crippen MR) is 110 cm³/mol. The number of hydrogen-bond acceptors (Lipinski definition) is 3. The first-order valence-electron chi connectivity index (χ1n) is 9.95. The van der Waals surface area contributed by atoms with Crippen molar-refractivity contribution in [2.24, 2.45) is 0 Å². The Hall–Kier alpha value is -2.49. The van der Waals surface area contributed by atoms with Crippen LogP contribution in [0.5, 0.6) is 5.75 Å². The van der Waals surface area contributed by atoms with Crippen molar-refractivity contribution in [2.75, 3.05) is 19.0 Å². The highest BCUT2D eigenvalue weighted by Gasteiger charge is 2.41. The summed E-state index contributed by atoms with van der Waals surface area (Å²) in [5, 5.41) is 3.55. The highest BCUT2D eigenvalue weighted by atomic mass is 16.5. The number of fused-ring (bicyclic) bond motifs is 1. The number of ether oxygens (including phenoxy) is 1. The lowest BCUT2D eigenvalue weighted by atomic mass is 9.93. The minimum atomic E-state index is -0.662. The molecular weight excluding hydrogens is 336 g/mol. The SMILES string of the molecule is CCCCCCCOc1ccccc1C1(C)Nc2ccccc2C(=O)N1C. The van der Waals surface area contributed by atoms with E-state index in [1.165, 1.54) is 25.7 Å². The molecule has 1 amide bonds. The summed E-state index contributed by atoms with van der Waals surface area (Å²) in [7, 11) is 1.84. The van der Waals surface area contributed by atoms with Gasteiger partial charge in [0, 0.05) is 18.3 Å². The summed E-state index contributed by atoms with van der Waals surface area (Å²) in [6.45, 7) is 4.95. The van der Waals surface area contributed by atoms with Gasteiger partial charge < -0.3 is 15.0 Å². The van der Waals surface area contributed by atoms with Crippen LogP contribution in [0.1, 0.15) is 61.9 Å². The van der Waals surface area contributed by atoms with Crippen LogP contribution in [0, 0.1) is 0 Å². The third-order valence-corrected chi connectivity index (χ3v) is 5.43. The average Bonchev–Trinajstić information content (AvgIpc) is 2.69. The smallest absolute Gasteiger partial charge is 0.257 e. The fourth-order valence-corrected chi connectivity index (χ4v) is 3.64. The van der Waals surface area contributed by atoms with Gasteiger partial charge in [-0.05, 0) is 31.5 Å². The molecule has 0 aromatic heterocycles. The number of anilines is 1. The van der Waals surface area contributed by atoms with E-state index in [1.54, 1.807) is 4.90 Å². The third-order valence-electron chi connectivity index (χ3n) is 5.43. The minimum Gasteiger partial charge on any atom is -0.493 e. The molecule has 144 valence electrons. The van der Waals surface area contributed by atoms with Crippen LogP contribution in [0.4, 0.5) is 5.69 Å². The van der Waals surface area contributed by atoms with Gasteiger partial charge in [-0.3, -0.25) is 4.79 Å². The number of hydrogen-bond donors (Lipinski definition) is 1. The van der Waals surface area contributed by atoms with Gasteiger partial charge in [-0.2, -0.15) is 0 Å². The third kappa shape index (κ3) is 3.95. The van der Waals surface area contributed by atoms with Crippen molar-refractivity contribution in [1.82, 2.24) is 4.90 Å². The van der Waals surface area contributed by atoms with Crippen molar-refractivity contribution >= 4 is 11.6 Å². The number of carbonyl (C=O) groups excluding carboxylic acids is 1. The molecule has 2 aromatic carbocycles. The molecule has 1 aliphatic rings. The van der Waals surface area contributed by atoms with Crippen molar-refractivity contribution in [3.63, 3.8) is 0 Å². The lowest BCUT2D eigenvalue weighted by molar-refractivity contribution is 0.0610. The van der Waals surface area contributed by atoms with Crippen molar-refractivity contribution < 1.29 is 9.53 Å². The largest absolute Gasteiger partial charge is 0.493 e. The number of unbranched alkanes of at least 4 members (excludes halogenated alkanes) is 4. The summed E-state index contributed by atoms with van der Waals surface area (Å²) in [4.78, 5) is 14.7. The number of carbonyl (C=O) groups is 1. The molecule has 0 fully saturated rings. The molecule has 4 nitrogen and oxygen atoms in total. The molecule has 1 atom stereocenters. The summed E-state index contributed by atoms with van der Waals surface area (Å²) >= 11 is 0. The highest BCUT2D eigenvalue weighted by molar-refractivity contribution is 6.02. The van der Waals surface area contributed by atoms with E-state index in [4.69, 9.17) is 4.74 Å². The summed E-state index contributed by atoms with van der Waals surface area (Å²) < 4.78 is 6.13. The van der Waals surface area contributed by atoms with Gasteiger partial charge in [0.05, 0.1) is 12.2 Å². The molecule has 2 aromatic rings. The van der Waals surface area contributed by atoms with E-state index in [9.17, 15) is 4.79 Å². The maximum atomic E-state index is 12.9. The summed E-state index contributed by atoms with van der Waals surface area (Å²) in [6, 6.07) is 15.7. The monoisotopic (exact) mass is 366 g/mol. The Morgan fingerprint density at radius 1 is 1.00 bits per heavy atom. The van der Waals surface area contributed by atoms with E-state index in [2.05, 4.69) is 12.2 Å². The molecule has 0 radical (unpaired) electrons. The van der Waals surface area contributed by atoms with Gasteiger partial charge >= 0.3 is 0 Å². The van der Waals surface area contributed by atoms with Gasteiger partial charge in [-0.15, -0.1) is 0 Å². The molecule has 0 spiro atoms. The van der Waals surface area contributed by atoms with Crippen LogP contribution in [0.2, 0.25) is 0 Å². The first-order chi connectivity index (χ1) is 13.1. The Bertz CT molecular complexity index is 789. The second kappa shape index (κ2) is 8.47. The first kappa shape index (κ1) is 19.3. The van der Waals surface area contributed by atoms with Crippen molar-refractivity contribution in [3.8, 4) is 5.75 Å². The van der Waals surface area contributed by atoms with Crippen LogP contribution in [0.25, 0.3) is 0 Å². The molecule has 0 saturated carbocycles. The van der Waals surface area contributed by atoms with Crippen molar-refractivity contribution in [3.05, 3.63) is 59.7 Å². The predicted octanol–water partition coefficient (Wildman–Crippen LogP) is 5.41. The summed E-state index contributed by atoms with van der Waals surface area (Å²) in [6.07, 6.45) is 6.03. The first-order valence-corrected chi connectivity index (χ1v) is 9.95. The number of rotatable bonds is 8. The molecular formula is C23H30N2O2. The van der Waals surface area contributed by atoms with E-state index in [0.717, 1.165) is 23.4 Å². The second-order valence-corrected chi connectivity index (χ2v) is 7.37. The van der Waals surface area contributed by atoms with E-state index in [-0.39, 0.29) is 5.91 Å². The molecule has 0 bridgehead atoms. The van der Waals surface area contributed by atoms with Crippen molar-refractivity contribution in [2.45, 2.75) is 51.6 Å². The number of nitrogens with one attached hydrogen (secondary N) is 1. The van der Waals surface area contributed by atoms with Gasteiger partial charge in [-0.25, -0.2) is 0 Å².